The number of thiazole rings is 1. The van der Waals surface area contributed by atoms with Gasteiger partial charge in [-0.25, -0.2) is 4.98 Å². The highest BCUT2D eigenvalue weighted by Gasteiger charge is 2.10. The molecule has 3 nitrogen and oxygen atoms in total. The highest BCUT2D eigenvalue weighted by molar-refractivity contribution is 7.09. The molecule has 1 atom stereocenters. The molecule has 1 unspecified atom stereocenters. The van der Waals surface area contributed by atoms with Gasteiger partial charge in [-0.2, -0.15) is 0 Å². The molecule has 18 heavy (non-hydrogen) atoms. The number of para-hydroxylation sites is 1. The van der Waals surface area contributed by atoms with Gasteiger partial charge in [0.2, 0.25) is 0 Å². The van der Waals surface area contributed by atoms with E-state index in [0.29, 0.717) is 0 Å². The summed E-state index contributed by atoms with van der Waals surface area (Å²) in [5.41, 5.74) is 7.57. The zero-order chi connectivity index (χ0) is 12.5. The third kappa shape index (κ3) is 2.17. The van der Waals surface area contributed by atoms with E-state index in [1.54, 1.807) is 11.3 Å². The topological polar surface area (TPSA) is 52.0 Å². The molecule has 1 aromatic carbocycles. The van der Waals surface area contributed by atoms with Crippen molar-refractivity contribution in [1.82, 2.24) is 4.98 Å². The Labute approximate surface area is 109 Å². The smallest absolute Gasteiger partial charge is 0.154 e. The predicted octanol–water partition coefficient (Wildman–Crippen LogP) is 3.45. The third-order valence-electron chi connectivity index (χ3n) is 2.73. The van der Waals surface area contributed by atoms with Gasteiger partial charge < -0.3 is 10.2 Å². The molecule has 0 aliphatic carbocycles. The molecule has 0 aliphatic rings. The summed E-state index contributed by atoms with van der Waals surface area (Å²) in [6, 6.07) is 10.1. The van der Waals surface area contributed by atoms with Crippen molar-refractivity contribution in [1.29, 1.82) is 0 Å². The number of hydrogen-bond donors (Lipinski definition) is 1. The fraction of sp³-hybridized carbons (Fsp3) is 0.214. The van der Waals surface area contributed by atoms with Crippen LogP contribution in [0.5, 0.6) is 0 Å². The largest absolute Gasteiger partial charge is 0.454 e. The summed E-state index contributed by atoms with van der Waals surface area (Å²) in [5, 5.41) is 4.18. The summed E-state index contributed by atoms with van der Waals surface area (Å²) in [6.45, 7) is 1.99. The molecule has 3 aromatic rings. The van der Waals surface area contributed by atoms with Crippen molar-refractivity contribution in [2.24, 2.45) is 5.73 Å². The Kier molecular flexibility index (Phi) is 2.89. The summed E-state index contributed by atoms with van der Waals surface area (Å²) in [5.74, 6) is 0.823. The van der Waals surface area contributed by atoms with Crippen molar-refractivity contribution in [3.8, 4) is 11.5 Å². The van der Waals surface area contributed by atoms with Crippen LogP contribution in [0.4, 0.5) is 0 Å². The van der Waals surface area contributed by atoms with Gasteiger partial charge in [0.15, 0.2) is 5.76 Å². The van der Waals surface area contributed by atoms with Crippen LogP contribution in [0.25, 0.3) is 22.4 Å². The summed E-state index contributed by atoms with van der Waals surface area (Å²) in [4.78, 5) is 4.56. The van der Waals surface area contributed by atoms with Crippen LogP contribution in [0, 0.1) is 0 Å². The number of furan rings is 1. The average molecular weight is 258 g/mol. The molecule has 0 saturated carbocycles. The second-order valence-corrected chi connectivity index (χ2v) is 5.40. The van der Waals surface area contributed by atoms with Crippen LogP contribution in [0.2, 0.25) is 0 Å². The van der Waals surface area contributed by atoms with Gasteiger partial charge in [-0.3, -0.25) is 0 Å². The van der Waals surface area contributed by atoms with Gasteiger partial charge in [0, 0.05) is 23.2 Å². The van der Waals surface area contributed by atoms with E-state index in [1.807, 2.05) is 42.6 Å². The molecule has 0 spiro atoms. The van der Waals surface area contributed by atoms with Crippen molar-refractivity contribution in [2.75, 3.05) is 0 Å². The fourth-order valence-electron chi connectivity index (χ4n) is 1.90. The lowest BCUT2D eigenvalue weighted by atomic mass is 10.2. The van der Waals surface area contributed by atoms with Crippen molar-refractivity contribution in [3.05, 3.63) is 40.7 Å². The molecule has 2 aromatic heterocycles. The lowest BCUT2D eigenvalue weighted by Gasteiger charge is -1.98. The Morgan fingerprint density at radius 2 is 2.22 bits per heavy atom. The van der Waals surface area contributed by atoms with Crippen molar-refractivity contribution < 1.29 is 4.42 Å². The van der Waals surface area contributed by atoms with E-state index in [-0.39, 0.29) is 6.04 Å². The van der Waals surface area contributed by atoms with Crippen LogP contribution in [-0.2, 0) is 6.42 Å². The first-order valence-electron chi connectivity index (χ1n) is 5.91. The van der Waals surface area contributed by atoms with E-state index >= 15 is 0 Å². The molecule has 0 amide bonds. The van der Waals surface area contributed by atoms with E-state index in [0.717, 1.165) is 33.9 Å². The highest BCUT2D eigenvalue weighted by Crippen LogP contribution is 2.28. The van der Waals surface area contributed by atoms with Gasteiger partial charge in [-0.1, -0.05) is 18.2 Å². The molecule has 0 bridgehead atoms. The number of nitrogens with two attached hydrogens (primary N) is 1. The zero-order valence-electron chi connectivity index (χ0n) is 10.1. The molecule has 0 radical (unpaired) electrons. The van der Waals surface area contributed by atoms with E-state index in [2.05, 4.69) is 4.98 Å². The number of hydrogen-bond acceptors (Lipinski definition) is 4. The Hall–Kier alpha value is -1.65. The summed E-state index contributed by atoms with van der Waals surface area (Å²) >= 11 is 1.63. The van der Waals surface area contributed by atoms with Crippen LogP contribution >= 0.6 is 11.3 Å². The monoisotopic (exact) mass is 258 g/mol. The average Bonchev–Trinajstić information content (AvgIpc) is 2.93. The van der Waals surface area contributed by atoms with E-state index in [9.17, 15) is 0 Å². The molecule has 0 fully saturated rings. The minimum atomic E-state index is 0.139. The molecule has 3 rings (SSSR count). The molecule has 0 aliphatic heterocycles. The molecule has 0 saturated heterocycles. The molecule has 92 valence electrons. The number of fused-ring (bicyclic) bond motifs is 1. The number of nitrogens with zero attached hydrogens (tertiary/aromatic N) is 1. The maximum absolute atomic E-state index is 5.79. The molecular weight excluding hydrogens is 244 g/mol. The first-order chi connectivity index (χ1) is 8.72. The van der Waals surface area contributed by atoms with Gasteiger partial charge in [-0.15, -0.1) is 11.3 Å². The maximum atomic E-state index is 5.79. The Bertz CT molecular complexity index is 636. The predicted molar refractivity (Wildman–Crippen MR) is 74.7 cm³/mol. The van der Waals surface area contributed by atoms with Gasteiger partial charge in [0.05, 0.1) is 5.01 Å². The molecule has 2 heterocycles. The van der Waals surface area contributed by atoms with Crippen LogP contribution < -0.4 is 5.73 Å². The van der Waals surface area contributed by atoms with E-state index in [1.165, 1.54) is 0 Å². The highest BCUT2D eigenvalue weighted by atomic mass is 32.1. The summed E-state index contributed by atoms with van der Waals surface area (Å²) in [6.07, 6.45) is 0.810. The van der Waals surface area contributed by atoms with E-state index in [4.69, 9.17) is 10.2 Å². The number of rotatable bonds is 3. The summed E-state index contributed by atoms with van der Waals surface area (Å²) < 4.78 is 5.79. The lowest BCUT2D eigenvalue weighted by Crippen LogP contribution is -2.17. The quantitative estimate of drug-likeness (QED) is 0.783. The number of aromatic nitrogens is 1. The second kappa shape index (κ2) is 4.55. The first-order valence-corrected chi connectivity index (χ1v) is 6.79. The standard InChI is InChI=1S/C14H14N2OS/c1-9(15)6-14-16-11(8-18-14)13-7-10-4-2-3-5-12(10)17-13/h2-5,7-9H,6,15H2,1H3. The minimum absolute atomic E-state index is 0.139. The Morgan fingerprint density at radius 3 is 3.00 bits per heavy atom. The Balaban J connectivity index is 1.96. The summed E-state index contributed by atoms with van der Waals surface area (Å²) in [7, 11) is 0. The van der Waals surface area contributed by atoms with Gasteiger partial charge in [0.1, 0.15) is 11.3 Å². The van der Waals surface area contributed by atoms with Gasteiger partial charge in [-0.05, 0) is 19.1 Å². The van der Waals surface area contributed by atoms with Crippen LogP contribution in [-0.4, -0.2) is 11.0 Å². The van der Waals surface area contributed by atoms with Crippen molar-refractivity contribution >= 4 is 22.3 Å². The first kappa shape index (κ1) is 11.4. The third-order valence-corrected chi connectivity index (χ3v) is 3.60. The maximum Gasteiger partial charge on any atom is 0.154 e. The second-order valence-electron chi connectivity index (χ2n) is 4.46. The number of benzene rings is 1. The zero-order valence-corrected chi connectivity index (χ0v) is 10.9. The molecule has 2 N–H and O–H groups in total. The van der Waals surface area contributed by atoms with Crippen molar-refractivity contribution in [2.45, 2.75) is 19.4 Å². The van der Waals surface area contributed by atoms with Gasteiger partial charge in [0.25, 0.3) is 0 Å². The normalized spacial score (nSPS) is 13.0. The SMILES string of the molecule is CC(N)Cc1nc(-c2cc3ccccc3o2)cs1. The van der Waals surface area contributed by atoms with Crippen LogP contribution in [0.1, 0.15) is 11.9 Å². The fourth-order valence-corrected chi connectivity index (χ4v) is 2.83. The van der Waals surface area contributed by atoms with Crippen LogP contribution in [0.3, 0.4) is 0 Å². The molecular formula is C14H14N2OS. The molecule has 4 heteroatoms. The minimum Gasteiger partial charge on any atom is -0.454 e. The Morgan fingerprint density at radius 1 is 1.39 bits per heavy atom. The van der Waals surface area contributed by atoms with Crippen LogP contribution in [0.15, 0.2) is 40.1 Å². The van der Waals surface area contributed by atoms with E-state index < -0.39 is 0 Å². The van der Waals surface area contributed by atoms with Gasteiger partial charge >= 0.3 is 0 Å². The van der Waals surface area contributed by atoms with Crippen molar-refractivity contribution in [3.63, 3.8) is 0 Å². The lowest BCUT2D eigenvalue weighted by molar-refractivity contribution is 0.628.